The van der Waals surface area contributed by atoms with E-state index in [1.165, 1.54) is 0 Å². The highest BCUT2D eigenvalue weighted by atomic mass is 32.2. The molecular weight excluding hydrogens is 236 g/mol. The number of nitrogens with one attached hydrogen (secondary N) is 1. The van der Waals surface area contributed by atoms with Gasteiger partial charge >= 0.3 is 0 Å². The molecule has 0 amide bonds. The molecule has 0 aliphatic heterocycles. The Morgan fingerprint density at radius 3 is 3.00 bits per heavy atom. The quantitative estimate of drug-likeness (QED) is 0.665. The molecule has 0 atom stereocenters. The van der Waals surface area contributed by atoms with Gasteiger partial charge in [0.25, 0.3) is 5.56 Å². The second kappa shape index (κ2) is 4.91. The van der Waals surface area contributed by atoms with Gasteiger partial charge in [-0.2, -0.15) is 0 Å². The number of nitrogens with zero attached hydrogens (tertiary/aromatic N) is 3. The highest BCUT2D eigenvalue weighted by Gasteiger charge is 2.08. The molecule has 0 fully saturated rings. The Morgan fingerprint density at radius 2 is 2.29 bits per heavy atom. The highest BCUT2D eigenvalue weighted by Crippen LogP contribution is 2.16. The second-order valence-corrected chi connectivity index (χ2v) is 5.51. The zero-order valence-corrected chi connectivity index (χ0v) is 11.0. The number of H-pyrrole nitrogens is 1. The van der Waals surface area contributed by atoms with Crippen molar-refractivity contribution in [2.24, 2.45) is 13.0 Å². The number of imidazole rings is 1. The summed E-state index contributed by atoms with van der Waals surface area (Å²) >= 11 is 1.57. The molecule has 0 saturated heterocycles. The first-order valence-corrected chi connectivity index (χ1v) is 6.60. The summed E-state index contributed by atoms with van der Waals surface area (Å²) < 4.78 is 1.68. The molecule has 0 aliphatic carbocycles. The van der Waals surface area contributed by atoms with Crippen LogP contribution in [-0.2, 0) is 7.05 Å². The Hall–Kier alpha value is -1.30. The number of rotatable bonds is 4. The van der Waals surface area contributed by atoms with Crippen molar-refractivity contribution in [2.75, 3.05) is 5.75 Å². The minimum absolute atomic E-state index is 0.123. The van der Waals surface area contributed by atoms with Crippen molar-refractivity contribution in [3.63, 3.8) is 0 Å². The van der Waals surface area contributed by atoms with E-state index in [0.29, 0.717) is 22.2 Å². The lowest BCUT2D eigenvalue weighted by atomic mass is 10.2. The van der Waals surface area contributed by atoms with E-state index in [0.717, 1.165) is 12.2 Å². The van der Waals surface area contributed by atoms with E-state index in [1.54, 1.807) is 29.7 Å². The molecule has 2 heterocycles. The smallest absolute Gasteiger partial charge is 0.277 e. The van der Waals surface area contributed by atoms with Crippen molar-refractivity contribution in [1.82, 2.24) is 19.5 Å². The Morgan fingerprint density at radius 1 is 1.53 bits per heavy atom. The van der Waals surface area contributed by atoms with Gasteiger partial charge < -0.3 is 4.57 Å². The van der Waals surface area contributed by atoms with E-state index in [9.17, 15) is 4.79 Å². The second-order valence-electron chi connectivity index (χ2n) is 4.43. The molecule has 0 saturated carbocycles. The largest absolute Gasteiger partial charge is 0.328 e. The van der Waals surface area contributed by atoms with Gasteiger partial charge in [0.05, 0.1) is 6.33 Å². The third-order valence-electron chi connectivity index (χ3n) is 2.49. The zero-order chi connectivity index (χ0) is 12.4. The summed E-state index contributed by atoms with van der Waals surface area (Å²) in [6.07, 6.45) is 2.71. The van der Waals surface area contributed by atoms with Gasteiger partial charge in [-0.1, -0.05) is 25.6 Å². The third-order valence-corrected chi connectivity index (χ3v) is 3.40. The monoisotopic (exact) mass is 252 g/mol. The first-order valence-electron chi connectivity index (χ1n) is 5.62. The zero-order valence-electron chi connectivity index (χ0n) is 10.2. The maximum absolute atomic E-state index is 11.8. The number of fused-ring (bicyclic) bond motifs is 1. The Kier molecular flexibility index (Phi) is 3.51. The van der Waals surface area contributed by atoms with E-state index in [4.69, 9.17) is 0 Å². The summed E-state index contributed by atoms with van der Waals surface area (Å²) in [5.74, 6) is 1.62. The Bertz CT molecular complexity index is 572. The first-order chi connectivity index (χ1) is 8.08. The minimum Gasteiger partial charge on any atom is -0.328 e. The molecule has 92 valence electrons. The van der Waals surface area contributed by atoms with Crippen LogP contribution in [0.5, 0.6) is 0 Å². The summed E-state index contributed by atoms with van der Waals surface area (Å²) in [6, 6.07) is 0. The van der Waals surface area contributed by atoms with Crippen molar-refractivity contribution in [3.05, 3.63) is 16.7 Å². The van der Waals surface area contributed by atoms with Crippen LogP contribution in [0.1, 0.15) is 20.3 Å². The van der Waals surface area contributed by atoms with Gasteiger partial charge in [0.1, 0.15) is 0 Å². The van der Waals surface area contributed by atoms with Gasteiger partial charge in [-0.3, -0.25) is 9.78 Å². The van der Waals surface area contributed by atoms with Crippen LogP contribution in [0.3, 0.4) is 0 Å². The number of aryl methyl sites for hydroxylation is 1. The van der Waals surface area contributed by atoms with E-state index in [1.807, 2.05) is 0 Å². The van der Waals surface area contributed by atoms with Crippen molar-refractivity contribution >= 4 is 22.9 Å². The summed E-state index contributed by atoms with van der Waals surface area (Å²) in [7, 11) is 1.79. The van der Waals surface area contributed by atoms with Gasteiger partial charge in [0.15, 0.2) is 16.3 Å². The minimum atomic E-state index is -0.123. The highest BCUT2D eigenvalue weighted by molar-refractivity contribution is 7.99. The lowest BCUT2D eigenvalue weighted by molar-refractivity contribution is 0.631. The Balaban J connectivity index is 2.22. The number of thioether (sulfide) groups is 1. The molecule has 0 aromatic carbocycles. The molecule has 5 nitrogen and oxygen atoms in total. The van der Waals surface area contributed by atoms with Crippen LogP contribution in [0.4, 0.5) is 0 Å². The van der Waals surface area contributed by atoms with Crippen molar-refractivity contribution in [1.29, 1.82) is 0 Å². The van der Waals surface area contributed by atoms with Crippen LogP contribution in [0.15, 0.2) is 16.3 Å². The SMILES string of the molecule is CC(C)CCSc1nc2ncn(C)c2c(=O)[nH]1. The molecule has 0 bridgehead atoms. The molecule has 1 N–H and O–H groups in total. The summed E-state index contributed by atoms with van der Waals surface area (Å²) in [5.41, 5.74) is 0.920. The fraction of sp³-hybridized carbons (Fsp3) is 0.545. The van der Waals surface area contributed by atoms with E-state index >= 15 is 0 Å². The number of aromatic nitrogens is 4. The van der Waals surface area contributed by atoms with Crippen LogP contribution in [0.25, 0.3) is 11.2 Å². The average Bonchev–Trinajstić information content (AvgIpc) is 2.60. The molecule has 2 aromatic heterocycles. The molecule has 0 spiro atoms. The Labute approximate surface area is 104 Å². The number of hydrogen-bond donors (Lipinski definition) is 1. The van der Waals surface area contributed by atoms with Crippen molar-refractivity contribution in [3.8, 4) is 0 Å². The van der Waals surface area contributed by atoms with Crippen LogP contribution in [0.2, 0.25) is 0 Å². The first kappa shape index (κ1) is 12.2. The molecule has 17 heavy (non-hydrogen) atoms. The lowest BCUT2D eigenvalue weighted by Crippen LogP contribution is -2.11. The fourth-order valence-corrected chi connectivity index (χ4v) is 2.60. The van der Waals surface area contributed by atoms with Gasteiger partial charge in [-0.25, -0.2) is 9.97 Å². The average molecular weight is 252 g/mol. The third kappa shape index (κ3) is 2.69. The predicted octanol–water partition coefficient (Wildman–Crippen LogP) is 1.79. The van der Waals surface area contributed by atoms with Gasteiger partial charge in [0, 0.05) is 12.8 Å². The molecule has 2 rings (SSSR count). The molecule has 0 radical (unpaired) electrons. The van der Waals surface area contributed by atoms with Crippen LogP contribution < -0.4 is 5.56 Å². The summed E-state index contributed by atoms with van der Waals surface area (Å²) in [6.45, 7) is 4.36. The summed E-state index contributed by atoms with van der Waals surface area (Å²) in [4.78, 5) is 23.0. The van der Waals surface area contributed by atoms with Crippen molar-refractivity contribution < 1.29 is 0 Å². The van der Waals surface area contributed by atoms with Crippen molar-refractivity contribution in [2.45, 2.75) is 25.4 Å². The summed E-state index contributed by atoms with van der Waals surface area (Å²) in [5, 5.41) is 0.654. The van der Waals surface area contributed by atoms with Crippen LogP contribution in [0, 0.1) is 5.92 Å². The maximum Gasteiger partial charge on any atom is 0.277 e. The number of aromatic amines is 1. The van der Waals surface area contributed by atoms with Crippen LogP contribution >= 0.6 is 11.8 Å². The van der Waals surface area contributed by atoms with Gasteiger partial charge in [0.2, 0.25) is 0 Å². The number of hydrogen-bond acceptors (Lipinski definition) is 4. The molecule has 2 aromatic rings. The molecule has 0 aliphatic rings. The van der Waals surface area contributed by atoms with E-state index in [-0.39, 0.29) is 5.56 Å². The van der Waals surface area contributed by atoms with Crippen LogP contribution in [-0.4, -0.2) is 25.3 Å². The van der Waals surface area contributed by atoms with Gasteiger partial charge in [-0.15, -0.1) is 0 Å². The maximum atomic E-state index is 11.8. The van der Waals surface area contributed by atoms with Gasteiger partial charge in [-0.05, 0) is 12.3 Å². The standard InChI is InChI=1S/C11H16N4OS/c1-7(2)4-5-17-11-13-9-8(10(16)14-11)15(3)6-12-9/h6-7H,4-5H2,1-3H3,(H,13,14,16). The fourth-order valence-electron chi connectivity index (χ4n) is 1.50. The lowest BCUT2D eigenvalue weighted by Gasteiger charge is -2.03. The van der Waals surface area contributed by atoms with E-state index in [2.05, 4.69) is 28.8 Å². The topological polar surface area (TPSA) is 63.6 Å². The molecule has 0 unspecified atom stereocenters. The predicted molar refractivity (Wildman–Crippen MR) is 69.3 cm³/mol. The molecule has 6 heteroatoms. The molecular formula is C11H16N4OS. The normalized spacial score (nSPS) is 11.5. The van der Waals surface area contributed by atoms with E-state index < -0.39 is 0 Å².